The average molecular weight is 473 g/mol. The summed E-state index contributed by atoms with van der Waals surface area (Å²) >= 11 is 1.55. The first-order chi connectivity index (χ1) is 15.8. The number of benzene rings is 2. The third kappa shape index (κ3) is 4.01. The summed E-state index contributed by atoms with van der Waals surface area (Å²) < 4.78 is 53.9. The van der Waals surface area contributed by atoms with Crippen molar-refractivity contribution >= 4 is 33.1 Å². The standard InChI is InChI=1S/C24H20F4N4S/c1-15-20(16-6-8-17(25)9-7-16)21-22(29-14-30-23(21)33-15)32-12-10-31(11-13-32)19-5-3-2-4-18(19)24(26,27)28/h2-9,14H,10-13H2,1H3. The molecule has 3 heterocycles. The highest BCUT2D eigenvalue weighted by Crippen LogP contribution is 2.42. The third-order valence-electron chi connectivity index (χ3n) is 5.91. The smallest absolute Gasteiger partial charge is 0.367 e. The molecule has 2 aromatic heterocycles. The Kier molecular flexibility index (Phi) is 5.44. The van der Waals surface area contributed by atoms with Crippen LogP contribution in [0.15, 0.2) is 54.9 Å². The molecule has 5 rings (SSSR count). The number of anilines is 2. The van der Waals surface area contributed by atoms with Crippen molar-refractivity contribution in [1.29, 1.82) is 0 Å². The monoisotopic (exact) mass is 472 g/mol. The van der Waals surface area contributed by atoms with E-state index >= 15 is 0 Å². The second-order valence-corrected chi connectivity index (χ2v) is 9.11. The van der Waals surface area contributed by atoms with Gasteiger partial charge in [-0.1, -0.05) is 24.3 Å². The van der Waals surface area contributed by atoms with E-state index in [9.17, 15) is 17.6 Å². The Morgan fingerprint density at radius 3 is 2.24 bits per heavy atom. The summed E-state index contributed by atoms with van der Waals surface area (Å²) in [4.78, 5) is 14.7. The van der Waals surface area contributed by atoms with E-state index in [1.165, 1.54) is 30.6 Å². The highest BCUT2D eigenvalue weighted by atomic mass is 32.1. The Balaban J connectivity index is 1.47. The maximum Gasteiger partial charge on any atom is 0.418 e. The van der Waals surface area contributed by atoms with Gasteiger partial charge in [0.15, 0.2) is 0 Å². The minimum atomic E-state index is -4.40. The van der Waals surface area contributed by atoms with Crippen LogP contribution < -0.4 is 9.80 Å². The molecule has 0 N–H and O–H groups in total. The van der Waals surface area contributed by atoms with Crippen LogP contribution in [0, 0.1) is 12.7 Å². The summed E-state index contributed by atoms with van der Waals surface area (Å²) in [6.07, 6.45) is -2.88. The van der Waals surface area contributed by atoms with Gasteiger partial charge in [-0.2, -0.15) is 13.2 Å². The van der Waals surface area contributed by atoms with Crippen LogP contribution in [0.5, 0.6) is 0 Å². The molecule has 1 fully saturated rings. The summed E-state index contributed by atoms with van der Waals surface area (Å²) in [5.74, 6) is 0.454. The Bertz CT molecular complexity index is 1290. The van der Waals surface area contributed by atoms with E-state index in [4.69, 9.17) is 0 Å². The van der Waals surface area contributed by atoms with Gasteiger partial charge in [0.25, 0.3) is 0 Å². The van der Waals surface area contributed by atoms with Gasteiger partial charge in [0.05, 0.1) is 10.9 Å². The molecule has 0 spiro atoms. The normalized spacial score (nSPS) is 14.8. The summed E-state index contributed by atoms with van der Waals surface area (Å²) in [7, 11) is 0. The maximum atomic E-state index is 13.5. The van der Waals surface area contributed by atoms with Crippen LogP contribution in [0.25, 0.3) is 21.3 Å². The number of thiophene rings is 1. The predicted octanol–water partition coefficient (Wildman–Crippen LogP) is 6.15. The van der Waals surface area contributed by atoms with Crippen molar-refractivity contribution in [2.45, 2.75) is 13.1 Å². The number of rotatable bonds is 3. The van der Waals surface area contributed by atoms with Gasteiger partial charge in [-0.25, -0.2) is 14.4 Å². The third-order valence-corrected chi connectivity index (χ3v) is 6.92. The lowest BCUT2D eigenvalue weighted by Gasteiger charge is -2.38. The van der Waals surface area contributed by atoms with Crippen LogP contribution in [0.4, 0.5) is 29.1 Å². The number of fused-ring (bicyclic) bond motifs is 1. The van der Waals surface area contributed by atoms with Crippen molar-refractivity contribution in [3.8, 4) is 11.1 Å². The van der Waals surface area contributed by atoms with Crippen molar-refractivity contribution in [2.75, 3.05) is 36.0 Å². The lowest BCUT2D eigenvalue weighted by Crippen LogP contribution is -2.47. The molecule has 0 unspecified atom stereocenters. The highest BCUT2D eigenvalue weighted by molar-refractivity contribution is 7.19. The van der Waals surface area contributed by atoms with Crippen LogP contribution in [-0.2, 0) is 6.18 Å². The zero-order valence-corrected chi connectivity index (χ0v) is 18.6. The zero-order valence-electron chi connectivity index (χ0n) is 17.7. The molecule has 0 saturated carbocycles. The molecular formula is C24H20F4N4S. The highest BCUT2D eigenvalue weighted by Gasteiger charge is 2.35. The summed E-state index contributed by atoms with van der Waals surface area (Å²) in [5.41, 5.74) is 1.44. The molecule has 1 saturated heterocycles. The van der Waals surface area contributed by atoms with E-state index < -0.39 is 11.7 Å². The first-order valence-electron chi connectivity index (χ1n) is 10.5. The first-order valence-corrected chi connectivity index (χ1v) is 11.3. The fourth-order valence-electron chi connectivity index (χ4n) is 4.38. The first kappa shape index (κ1) is 21.6. The second kappa shape index (κ2) is 8.30. The molecule has 1 aliphatic heterocycles. The number of para-hydroxylation sites is 1. The lowest BCUT2D eigenvalue weighted by molar-refractivity contribution is -0.137. The fraction of sp³-hybridized carbons (Fsp3) is 0.250. The molecule has 0 amide bonds. The Morgan fingerprint density at radius 2 is 1.55 bits per heavy atom. The number of hydrogen-bond donors (Lipinski definition) is 0. The molecule has 2 aromatic carbocycles. The Morgan fingerprint density at radius 1 is 0.879 bits per heavy atom. The molecule has 170 valence electrons. The SMILES string of the molecule is Cc1sc2ncnc(N3CCN(c4ccccc4C(F)(F)F)CC3)c2c1-c1ccc(F)cc1. The van der Waals surface area contributed by atoms with Crippen molar-refractivity contribution in [3.63, 3.8) is 0 Å². The van der Waals surface area contributed by atoms with Gasteiger partial charge >= 0.3 is 6.18 Å². The minimum Gasteiger partial charge on any atom is -0.367 e. The van der Waals surface area contributed by atoms with Gasteiger partial charge < -0.3 is 9.80 Å². The molecule has 33 heavy (non-hydrogen) atoms. The molecule has 0 atom stereocenters. The van der Waals surface area contributed by atoms with Crippen molar-refractivity contribution in [3.05, 3.63) is 71.1 Å². The Labute approximate surface area is 192 Å². The average Bonchev–Trinajstić information content (AvgIpc) is 3.15. The molecule has 0 bridgehead atoms. The minimum absolute atomic E-state index is 0.205. The summed E-state index contributed by atoms with van der Waals surface area (Å²) in [6.45, 7) is 3.92. The summed E-state index contributed by atoms with van der Waals surface area (Å²) in [6, 6.07) is 12.0. The molecular weight excluding hydrogens is 452 g/mol. The van der Waals surface area contributed by atoms with Crippen LogP contribution >= 0.6 is 11.3 Å². The quantitative estimate of drug-likeness (QED) is 0.335. The van der Waals surface area contributed by atoms with Crippen molar-refractivity contribution in [2.24, 2.45) is 0 Å². The van der Waals surface area contributed by atoms with Crippen molar-refractivity contribution in [1.82, 2.24) is 9.97 Å². The summed E-state index contributed by atoms with van der Waals surface area (Å²) in [5, 5.41) is 0.899. The van der Waals surface area contributed by atoms with Gasteiger partial charge in [0, 0.05) is 42.3 Å². The van der Waals surface area contributed by atoms with Gasteiger partial charge in [0.2, 0.25) is 0 Å². The van der Waals surface area contributed by atoms with Crippen LogP contribution in [0.1, 0.15) is 10.4 Å². The molecule has 0 radical (unpaired) electrons. The largest absolute Gasteiger partial charge is 0.418 e. The number of alkyl halides is 3. The van der Waals surface area contributed by atoms with E-state index in [1.54, 1.807) is 34.4 Å². The van der Waals surface area contributed by atoms with Gasteiger partial charge in [0.1, 0.15) is 22.8 Å². The van der Waals surface area contributed by atoms with Crippen LogP contribution in [-0.4, -0.2) is 36.1 Å². The fourth-order valence-corrected chi connectivity index (χ4v) is 5.39. The number of halogens is 4. The molecule has 0 aliphatic carbocycles. The van der Waals surface area contributed by atoms with Crippen LogP contribution in [0.3, 0.4) is 0 Å². The van der Waals surface area contributed by atoms with Gasteiger partial charge in [-0.3, -0.25) is 0 Å². The molecule has 4 nitrogen and oxygen atoms in total. The maximum absolute atomic E-state index is 13.5. The van der Waals surface area contributed by atoms with Gasteiger partial charge in [-0.15, -0.1) is 11.3 Å². The number of aromatic nitrogens is 2. The molecule has 4 aromatic rings. The second-order valence-electron chi connectivity index (χ2n) is 7.91. The number of aryl methyl sites for hydroxylation is 1. The molecule has 9 heteroatoms. The molecule has 1 aliphatic rings. The van der Waals surface area contributed by atoms with E-state index in [-0.39, 0.29) is 11.5 Å². The predicted molar refractivity (Wildman–Crippen MR) is 123 cm³/mol. The lowest BCUT2D eigenvalue weighted by atomic mass is 10.0. The number of nitrogens with zero attached hydrogens (tertiary/aromatic N) is 4. The van der Waals surface area contributed by atoms with E-state index in [1.807, 2.05) is 6.92 Å². The van der Waals surface area contributed by atoms with Crippen LogP contribution in [0.2, 0.25) is 0 Å². The van der Waals surface area contributed by atoms with E-state index in [2.05, 4.69) is 14.9 Å². The zero-order chi connectivity index (χ0) is 23.2. The van der Waals surface area contributed by atoms with Gasteiger partial charge in [-0.05, 0) is 36.8 Å². The van der Waals surface area contributed by atoms with E-state index in [0.717, 1.165) is 38.1 Å². The number of hydrogen-bond acceptors (Lipinski definition) is 5. The topological polar surface area (TPSA) is 32.3 Å². The Hall–Kier alpha value is -3.20. The van der Waals surface area contributed by atoms with Crippen molar-refractivity contribution < 1.29 is 17.6 Å². The van der Waals surface area contributed by atoms with E-state index in [0.29, 0.717) is 26.2 Å². The number of piperazine rings is 1.